The topological polar surface area (TPSA) is 55.4 Å². The Bertz CT molecular complexity index is 521. The van der Waals surface area contributed by atoms with E-state index in [1.165, 1.54) is 12.1 Å². The first kappa shape index (κ1) is 14.9. The number of hydrogen-bond acceptors (Lipinski definition) is 3. The summed E-state index contributed by atoms with van der Waals surface area (Å²) < 4.78 is 45.1. The normalized spacial score (nSPS) is 12.5. The van der Waals surface area contributed by atoms with Gasteiger partial charge in [-0.1, -0.05) is 0 Å². The van der Waals surface area contributed by atoms with Gasteiger partial charge in [0, 0.05) is 5.54 Å². The van der Waals surface area contributed by atoms with Crippen LogP contribution in [0, 0.1) is 5.82 Å². The summed E-state index contributed by atoms with van der Waals surface area (Å²) in [5.41, 5.74) is -0.644. The van der Waals surface area contributed by atoms with E-state index in [-0.39, 0.29) is 10.6 Å². The third-order valence-electron chi connectivity index (χ3n) is 1.94. The molecular formula is C12H18FNO3S. The molecule has 0 radical (unpaired) electrons. The number of nitrogens with one attached hydrogen (secondary N) is 1. The molecule has 0 aliphatic heterocycles. The van der Waals surface area contributed by atoms with Crippen LogP contribution in [0.25, 0.3) is 0 Å². The Morgan fingerprint density at radius 3 is 2.44 bits per heavy atom. The Kier molecular flexibility index (Phi) is 4.34. The van der Waals surface area contributed by atoms with Crippen molar-refractivity contribution in [3.63, 3.8) is 0 Å². The number of sulfonamides is 1. The maximum Gasteiger partial charge on any atom is 0.244 e. The second kappa shape index (κ2) is 5.24. The molecule has 0 atom stereocenters. The van der Waals surface area contributed by atoms with E-state index in [1.54, 1.807) is 27.7 Å². The molecule has 1 rings (SSSR count). The maximum atomic E-state index is 13.2. The van der Waals surface area contributed by atoms with Gasteiger partial charge in [-0.2, -0.15) is 0 Å². The third kappa shape index (κ3) is 3.96. The zero-order valence-electron chi connectivity index (χ0n) is 11.0. The summed E-state index contributed by atoms with van der Waals surface area (Å²) in [5.74, 6) is -0.469. The molecule has 0 amide bonds. The zero-order valence-corrected chi connectivity index (χ0v) is 11.8. The van der Waals surface area contributed by atoms with Crippen molar-refractivity contribution < 1.29 is 17.5 Å². The molecule has 0 bridgehead atoms. The van der Waals surface area contributed by atoms with Crippen molar-refractivity contribution in [3.8, 4) is 5.75 Å². The minimum atomic E-state index is -3.81. The van der Waals surface area contributed by atoms with Gasteiger partial charge in [0.2, 0.25) is 10.0 Å². The Labute approximate surface area is 107 Å². The fraction of sp³-hybridized carbons (Fsp3) is 0.500. The first-order valence-electron chi connectivity index (χ1n) is 5.62. The van der Waals surface area contributed by atoms with Crippen LogP contribution in [0.4, 0.5) is 4.39 Å². The minimum absolute atomic E-state index is 0.149. The smallest absolute Gasteiger partial charge is 0.244 e. The van der Waals surface area contributed by atoms with Gasteiger partial charge in [-0.3, -0.25) is 0 Å². The predicted molar refractivity (Wildman–Crippen MR) is 67.6 cm³/mol. The molecule has 0 unspecified atom stereocenters. The van der Waals surface area contributed by atoms with E-state index < -0.39 is 21.4 Å². The van der Waals surface area contributed by atoms with Crippen molar-refractivity contribution in [2.24, 2.45) is 0 Å². The molecule has 18 heavy (non-hydrogen) atoms. The number of benzene rings is 1. The average Bonchev–Trinajstić information content (AvgIpc) is 2.17. The monoisotopic (exact) mass is 275 g/mol. The van der Waals surface area contributed by atoms with Crippen LogP contribution >= 0.6 is 0 Å². The van der Waals surface area contributed by atoms with E-state index in [2.05, 4.69) is 4.72 Å². The zero-order chi connectivity index (χ0) is 14.0. The minimum Gasteiger partial charge on any atom is -0.492 e. The van der Waals surface area contributed by atoms with E-state index >= 15 is 0 Å². The summed E-state index contributed by atoms with van der Waals surface area (Å²) in [6, 6.07) is 3.44. The SMILES string of the molecule is CCOc1ccc(F)cc1S(=O)(=O)NC(C)(C)C. The van der Waals surface area contributed by atoms with Crippen molar-refractivity contribution in [1.82, 2.24) is 4.72 Å². The summed E-state index contributed by atoms with van der Waals surface area (Å²) in [5, 5.41) is 0. The molecule has 0 spiro atoms. The molecule has 102 valence electrons. The Morgan fingerprint density at radius 2 is 1.94 bits per heavy atom. The molecule has 0 fully saturated rings. The Morgan fingerprint density at radius 1 is 1.33 bits per heavy atom. The quantitative estimate of drug-likeness (QED) is 0.917. The summed E-state index contributed by atoms with van der Waals surface area (Å²) in [6.45, 7) is 7.18. The van der Waals surface area contributed by atoms with Crippen molar-refractivity contribution >= 4 is 10.0 Å². The first-order chi connectivity index (χ1) is 8.15. The van der Waals surface area contributed by atoms with E-state index in [1.807, 2.05) is 0 Å². The molecule has 1 aromatic rings. The highest BCUT2D eigenvalue weighted by Gasteiger charge is 2.25. The van der Waals surface area contributed by atoms with Gasteiger partial charge in [-0.25, -0.2) is 17.5 Å². The largest absolute Gasteiger partial charge is 0.492 e. The number of rotatable bonds is 4. The van der Waals surface area contributed by atoms with Crippen molar-refractivity contribution in [3.05, 3.63) is 24.0 Å². The Hall–Kier alpha value is -1.14. The van der Waals surface area contributed by atoms with E-state index in [0.717, 1.165) is 6.07 Å². The number of hydrogen-bond donors (Lipinski definition) is 1. The van der Waals surface area contributed by atoms with Crippen LogP contribution in [0.2, 0.25) is 0 Å². The molecule has 0 aliphatic rings. The summed E-state index contributed by atoms with van der Waals surface area (Å²) in [4.78, 5) is -0.181. The van der Waals surface area contributed by atoms with Gasteiger partial charge in [0.25, 0.3) is 0 Å². The van der Waals surface area contributed by atoms with Gasteiger partial charge in [0.15, 0.2) is 0 Å². The van der Waals surface area contributed by atoms with Crippen LogP contribution in [-0.2, 0) is 10.0 Å². The van der Waals surface area contributed by atoms with Gasteiger partial charge in [-0.05, 0) is 45.9 Å². The highest BCUT2D eigenvalue weighted by atomic mass is 32.2. The van der Waals surface area contributed by atoms with Gasteiger partial charge in [-0.15, -0.1) is 0 Å². The Balaban J connectivity index is 3.26. The highest BCUT2D eigenvalue weighted by Crippen LogP contribution is 2.25. The number of halogens is 1. The fourth-order valence-corrected chi connectivity index (χ4v) is 3.00. The summed E-state index contributed by atoms with van der Waals surface area (Å²) in [7, 11) is -3.81. The lowest BCUT2D eigenvalue weighted by Crippen LogP contribution is -2.40. The van der Waals surface area contributed by atoms with Crippen LogP contribution in [0.1, 0.15) is 27.7 Å². The molecular weight excluding hydrogens is 257 g/mol. The lowest BCUT2D eigenvalue weighted by Gasteiger charge is -2.21. The second-order valence-corrected chi connectivity index (χ2v) is 6.53. The van der Waals surface area contributed by atoms with Gasteiger partial charge >= 0.3 is 0 Å². The van der Waals surface area contributed by atoms with E-state index in [9.17, 15) is 12.8 Å². The molecule has 1 aromatic carbocycles. The van der Waals surface area contributed by atoms with Gasteiger partial charge in [0.1, 0.15) is 16.5 Å². The summed E-state index contributed by atoms with van der Waals surface area (Å²) >= 11 is 0. The first-order valence-corrected chi connectivity index (χ1v) is 7.10. The lowest BCUT2D eigenvalue weighted by molar-refractivity contribution is 0.329. The van der Waals surface area contributed by atoms with Crippen LogP contribution in [0.5, 0.6) is 5.75 Å². The van der Waals surface area contributed by atoms with Crippen molar-refractivity contribution in [2.45, 2.75) is 38.1 Å². The highest BCUT2D eigenvalue weighted by molar-refractivity contribution is 7.89. The van der Waals surface area contributed by atoms with Crippen LogP contribution in [0.3, 0.4) is 0 Å². The lowest BCUT2D eigenvalue weighted by atomic mass is 10.1. The van der Waals surface area contributed by atoms with Gasteiger partial charge < -0.3 is 4.74 Å². The van der Waals surface area contributed by atoms with Crippen molar-refractivity contribution in [1.29, 1.82) is 0 Å². The molecule has 4 nitrogen and oxygen atoms in total. The predicted octanol–water partition coefficient (Wildman–Crippen LogP) is 2.30. The summed E-state index contributed by atoms with van der Waals surface area (Å²) in [6.07, 6.45) is 0. The fourth-order valence-electron chi connectivity index (χ4n) is 1.42. The van der Waals surface area contributed by atoms with Crippen LogP contribution < -0.4 is 9.46 Å². The van der Waals surface area contributed by atoms with E-state index in [4.69, 9.17) is 4.74 Å². The number of ether oxygens (including phenoxy) is 1. The molecule has 6 heteroatoms. The molecule has 0 saturated heterocycles. The van der Waals surface area contributed by atoms with E-state index in [0.29, 0.717) is 6.61 Å². The molecule has 0 aliphatic carbocycles. The van der Waals surface area contributed by atoms with Crippen LogP contribution in [0.15, 0.2) is 23.1 Å². The standard InChI is InChI=1S/C12H18FNO3S/c1-5-17-10-7-6-9(13)8-11(10)18(15,16)14-12(2,3)4/h6-8,14H,5H2,1-4H3. The third-order valence-corrected chi connectivity index (χ3v) is 3.71. The average molecular weight is 275 g/mol. The van der Waals surface area contributed by atoms with Crippen molar-refractivity contribution in [2.75, 3.05) is 6.61 Å². The molecule has 1 N–H and O–H groups in total. The molecule has 0 heterocycles. The second-order valence-electron chi connectivity index (χ2n) is 4.88. The molecule has 0 aromatic heterocycles. The molecule has 0 saturated carbocycles. The van der Waals surface area contributed by atoms with Crippen LogP contribution in [-0.4, -0.2) is 20.6 Å². The maximum absolute atomic E-state index is 13.2. The van der Waals surface area contributed by atoms with Gasteiger partial charge in [0.05, 0.1) is 6.61 Å².